The molecule has 0 atom stereocenters. The molecular formula is C7H6FNO2. The van der Waals surface area contributed by atoms with Gasteiger partial charge in [-0.15, -0.1) is 0 Å². The maximum atomic E-state index is 12.4. The summed E-state index contributed by atoms with van der Waals surface area (Å²) in [7, 11) is 0. The van der Waals surface area contributed by atoms with Crippen LogP contribution in [0, 0.1) is 5.82 Å². The average molecular weight is 155 g/mol. The second-order valence-electron chi connectivity index (χ2n) is 2.13. The Morgan fingerprint density at radius 1 is 1.55 bits per heavy atom. The molecule has 0 fully saturated rings. The number of hydrogen-bond donors (Lipinski definition) is 1. The molecule has 0 aromatic carbocycles. The lowest BCUT2D eigenvalue weighted by Gasteiger charge is -1.93. The summed E-state index contributed by atoms with van der Waals surface area (Å²) >= 11 is 0. The van der Waals surface area contributed by atoms with Crippen LogP contribution in [0.5, 0.6) is 0 Å². The topological polar surface area (TPSA) is 49.9 Å². The van der Waals surface area contributed by atoms with Crippen molar-refractivity contribution in [3.05, 3.63) is 34.0 Å². The van der Waals surface area contributed by atoms with E-state index in [-0.39, 0.29) is 11.5 Å². The molecule has 0 saturated heterocycles. The molecule has 4 heteroatoms. The Kier molecular flexibility index (Phi) is 1.85. The number of aromatic nitrogens is 1. The van der Waals surface area contributed by atoms with E-state index in [1.54, 1.807) is 0 Å². The number of hydrogen-bond acceptors (Lipinski definition) is 2. The average Bonchev–Trinajstić information content (AvgIpc) is 1.85. The van der Waals surface area contributed by atoms with E-state index in [9.17, 15) is 14.0 Å². The van der Waals surface area contributed by atoms with Crippen molar-refractivity contribution >= 4 is 5.78 Å². The number of halogens is 1. The van der Waals surface area contributed by atoms with Gasteiger partial charge in [-0.1, -0.05) is 0 Å². The maximum absolute atomic E-state index is 12.4. The molecule has 0 aliphatic rings. The number of rotatable bonds is 1. The number of carbonyl (C=O) groups is 1. The Balaban J connectivity index is 3.30. The molecule has 0 bridgehead atoms. The van der Waals surface area contributed by atoms with Crippen molar-refractivity contribution in [3.63, 3.8) is 0 Å². The van der Waals surface area contributed by atoms with Crippen LogP contribution in [0.2, 0.25) is 0 Å². The highest BCUT2D eigenvalue weighted by Gasteiger charge is 2.01. The summed E-state index contributed by atoms with van der Waals surface area (Å²) in [6.45, 7) is 1.25. The van der Waals surface area contributed by atoms with Crippen LogP contribution in [0.4, 0.5) is 4.39 Å². The fourth-order valence-corrected chi connectivity index (χ4v) is 0.699. The first-order chi connectivity index (χ1) is 5.09. The van der Waals surface area contributed by atoms with Gasteiger partial charge in [0.05, 0.1) is 5.69 Å². The van der Waals surface area contributed by atoms with Crippen molar-refractivity contribution in [2.75, 3.05) is 0 Å². The molecule has 0 aliphatic heterocycles. The van der Waals surface area contributed by atoms with E-state index in [1.165, 1.54) is 6.92 Å². The van der Waals surface area contributed by atoms with Gasteiger partial charge >= 0.3 is 0 Å². The summed E-state index contributed by atoms with van der Waals surface area (Å²) in [5.74, 6) is -1.06. The Morgan fingerprint density at radius 2 is 2.18 bits per heavy atom. The summed E-state index contributed by atoms with van der Waals surface area (Å²) < 4.78 is 12.4. The molecule has 1 aromatic heterocycles. The van der Waals surface area contributed by atoms with E-state index in [0.29, 0.717) is 0 Å². The first-order valence-electron chi connectivity index (χ1n) is 3.00. The Hall–Kier alpha value is -1.45. The molecule has 0 amide bonds. The summed E-state index contributed by atoms with van der Waals surface area (Å²) in [6, 6.07) is 1.77. The molecule has 0 radical (unpaired) electrons. The van der Waals surface area contributed by atoms with Gasteiger partial charge in [0.1, 0.15) is 5.82 Å². The molecule has 11 heavy (non-hydrogen) atoms. The smallest absolute Gasteiger partial charge is 0.251 e. The summed E-state index contributed by atoms with van der Waals surface area (Å²) in [6.07, 6.45) is 0. The van der Waals surface area contributed by atoms with E-state index < -0.39 is 11.4 Å². The fraction of sp³-hybridized carbons (Fsp3) is 0.143. The van der Waals surface area contributed by atoms with Crippen LogP contribution in [0.25, 0.3) is 0 Å². The van der Waals surface area contributed by atoms with Gasteiger partial charge in [0.2, 0.25) is 0 Å². The number of aromatic amines is 1. The van der Waals surface area contributed by atoms with Gasteiger partial charge in [-0.2, -0.15) is 0 Å². The lowest BCUT2D eigenvalue weighted by atomic mass is 10.3. The molecule has 0 saturated carbocycles. The van der Waals surface area contributed by atoms with Crippen molar-refractivity contribution in [3.8, 4) is 0 Å². The summed E-state index contributed by atoms with van der Waals surface area (Å²) in [5, 5.41) is 0. The Morgan fingerprint density at radius 3 is 2.64 bits per heavy atom. The van der Waals surface area contributed by atoms with E-state index in [0.717, 1.165) is 12.1 Å². The van der Waals surface area contributed by atoms with Gasteiger partial charge in [0, 0.05) is 19.1 Å². The van der Waals surface area contributed by atoms with E-state index in [4.69, 9.17) is 0 Å². The minimum Gasteiger partial charge on any atom is -0.319 e. The third-order valence-corrected chi connectivity index (χ3v) is 1.19. The van der Waals surface area contributed by atoms with E-state index >= 15 is 0 Å². The van der Waals surface area contributed by atoms with Gasteiger partial charge in [0.25, 0.3) is 5.56 Å². The molecule has 58 valence electrons. The van der Waals surface area contributed by atoms with Gasteiger partial charge in [-0.3, -0.25) is 9.59 Å². The normalized spacial score (nSPS) is 9.64. The van der Waals surface area contributed by atoms with Crippen LogP contribution in [-0.4, -0.2) is 10.8 Å². The van der Waals surface area contributed by atoms with Crippen molar-refractivity contribution in [2.24, 2.45) is 0 Å². The molecular weight excluding hydrogens is 149 g/mol. The zero-order chi connectivity index (χ0) is 8.43. The second-order valence-corrected chi connectivity index (χ2v) is 2.13. The zero-order valence-electron chi connectivity index (χ0n) is 5.85. The SMILES string of the molecule is CC(=O)c1cc(F)cc(=O)[nH]1. The van der Waals surface area contributed by atoms with Gasteiger partial charge < -0.3 is 4.98 Å². The van der Waals surface area contributed by atoms with Crippen molar-refractivity contribution in [1.82, 2.24) is 4.98 Å². The van der Waals surface area contributed by atoms with Gasteiger partial charge in [-0.05, 0) is 0 Å². The Labute approximate surface area is 61.9 Å². The zero-order valence-corrected chi connectivity index (χ0v) is 5.85. The maximum Gasteiger partial charge on any atom is 0.251 e. The van der Waals surface area contributed by atoms with E-state index in [2.05, 4.69) is 4.98 Å². The molecule has 1 rings (SSSR count). The number of nitrogens with one attached hydrogen (secondary N) is 1. The third-order valence-electron chi connectivity index (χ3n) is 1.19. The summed E-state index contributed by atoms with van der Waals surface area (Å²) in [4.78, 5) is 23.4. The van der Waals surface area contributed by atoms with Gasteiger partial charge in [0.15, 0.2) is 5.78 Å². The van der Waals surface area contributed by atoms with Crippen molar-refractivity contribution in [1.29, 1.82) is 0 Å². The molecule has 1 N–H and O–H groups in total. The lowest BCUT2D eigenvalue weighted by molar-refractivity contribution is 0.101. The monoisotopic (exact) mass is 155 g/mol. The number of ketones is 1. The molecule has 1 aromatic rings. The molecule has 0 unspecified atom stereocenters. The first-order valence-corrected chi connectivity index (χ1v) is 3.00. The molecule has 1 heterocycles. The van der Waals surface area contributed by atoms with Crippen LogP contribution < -0.4 is 5.56 Å². The minimum atomic E-state index is -0.695. The largest absolute Gasteiger partial charge is 0.319 e. The molecule has 0 spiro atoms. The fourth-order valence-electron chi connectivity index (χ4n) is 0.699. The highest BCUT2D eigenvalue weighted by atomic mass is 19.1. The number of pyridine rings is 1. The number of Topliss-reactive ketones (excluding diaryl/α,β-unsaturated/α-hetero) is 1. The number of carbonyl (C=O) groups excluding carboxylic acids is 1. The van der Waals surface area contributed by atoms with Crippen LogP contribution in [0.3, 0.4) is 0 Å². The number of H-pyrrole nitrogens is 1. The lowest BCUT2D eigenvalue weighted by Crippen LogP contribution is -2.10. The highest BCUT2D eigenvalue weighted by molar-refractivity contribution is 5.91. The van der Waals surface area contributed by atoms with Crippen LogP contribution >= 0.6 is 0 Å². The van der Waals surface area contributed by atoms with Crippen molar-refractivity contribution < 1.29 is 9.18 Å². The predicted octanol–water partition coefficient (Wildman–Crippen LogP) is 0.717. The molecule has 3 nitrogen and oxygen atoms in total. The predicted molar refractivity (Wildman–Crippen MR) is 37.0 cm³/mol. The highest BCUT2D eigenvalue weighted by Crippen LogP contribution is 1.96. The van der Waals surface area contributed by atoms with Crippen molar-refractivity contribution in [2.45, 2.75) is 6.92 Å². The minimum absolute atomic E-state index is 0.00463. The second kappa shape index (κ2) is 2.65. The molecule has 0 aliphatic carbocycles. The quantitative estimate of drug-likeness (QED) is 0.607. The first kappa shape index (κ1) is 7.65. The Bertz CT molecular complexity index is 343. The van der Waals surface area contributed by atoms with Crippen LogP contribution in [0.1, 0.15) is 17.4 Å². The van der Waals surface area contributed by atoms with Gasteiger partial charge in [-0.25, -0.2) is 4.39 Å². The summed E-state index contributed by atoms with van der Waals surface area (Å²) in [5.41, 5.74) is -0.606. The van der Waals surface area contributed by atoms with Crippen LogP contribution in [-0.2, 0) is 0 Å². The van der Waals surface area contributed by atoms with Crippen LogP contribution in [0.15, 0.2) is 16.9 Å². The standard InChI is InChI=1S/C7H6FNO2/c1-4(10)6-2-5(8)3-7(11)9-6/h2-3H,1H3,(H,9,11). The third kappa shape index (κ3) is 1.73. The van der Waals surface area contributed by atoms with E-state index in [1.807, 2.05) is 0 Å².